The molecule has 1 unspecified atom stereocenters. The van der Waals surface area contributed by atoms with Gasteiger partial charge in [0, 0.05) is 50.7 Å². The first-order valence-electron chi connectivity index (χ1n) is 10.6. The highest BCUT2D eigenvalue weighted by molar-refractivity contribution is 6.33. The molecule has 7 nitrogen and oxygen atoms in total. The van der Waals surface area contributed by atoms with Gasteiger partial charge in [0.05, 0.1) is 17.3 Å². The number of nitrogens with zero attached hydrogens (tertiary/aromatic N) is 5. The Morgan fingerprint density at radius 3 is 2.52 bits per heavy atom. The molecule has 0 aliphatic carbocycles. The normalized spacial score (nSPS) is 19.9. The molecule has 2 fully saturated rings. The summed E-state index contributed by atoms with van der Waals surface area (Å²) in [6, 6.07) is 17.7. The maximum absolute atomic E-state index is 12.5. The number of carbonyl (C=O) groups excluding carboxylic acids is 1. The van der Waals surface area contributed by atoms with Gasteiger partial charge in [0.15, 0.2) is 5.82 Å². The highest BCUT2D eigenvalue weighted by Crippen LogP contribution is 2.30. The molecule has 8 heteroatoms. The van der Waals surface area contributed by atoms with Crippen LogP contribution >= 0.6 is 11.6 Å². The maximum Gasteiger partial charge on any atom is 0.240 e. The van der Waals surface area contributed by atoms with E-state index < -0.39 is 0 Å². The van der Waals surface area contributed by atoms with Gasteiger partial charge in [-0.05, 0) is 24.3 Å². The standard InChI is InChI=1S/C23H24ClN5O2/c24-19-8-4-5-9-20(19)28-12-10-27(11-13-28)16-21-25-23(26-31-21)17-14-22(30)29(15-17)18-6-2-1-3-7-18/h1-9,17H,10-16H2. The smallest absolute Gasteiger partial charge is 0.240 e. The minimum absolute atomic E-state index is 0.0396. The number of para-hydroxylation sites is 2. The zero-order chi connectivity index (χ0) is 21.2. The molecule has 2 aliphatic heterocycles. The molecule has 1 atom stereocenters. The van der Waals surface area contributed by atoms with Crippen LogP contribution < -0.4 is 9.80 Å². The Kier molecular flexibility index (Phi) is 5.61. The number of halogens is 1. The predicted molar refractivity (Wildman–Crippen MR) is 119 cm³/mol. The van der Waals surface area contributed by atoms with Crippen LogP contribution in [0.5, 0.6) is 0 Å². The number of carbonyl (C=O) groups is 1. The molecule has 0 N–H and O–H groups in total. The fourth-order valence-electron chi connectivity index (χ4n) is 4.28. The Hall–Kier alpha value is -2.90. The summed E-state index contributed by atoms with van der Waals surface area (Å²) in [6.07, 6.45) is 0.407. The van der Waals surface area contributed by atoms with Crippen LogP contribution in [-0.2, 0) is 11.3 Å². The van der Waals surface area contributed by atoms with E-state index in [1.807, 2.05) is 48.5 Å². The SMILES string of the molecule is O=C1CC(c2noc(CN3CCN(c4ccccc4Cl)CC3)n2)CN1c1ccccc1. The van der Waals surface area contributed by atoms with Gasteiger partial charge in [-0.3, -0.25) is 9.69 Å². The van der Waals surface area contributed by atoms with E-state index in [2.05, 4.69) is 26.0 Å². The first-order valence-corrected chi connectivity index (χ1v) is 10.9. The van der Waals surface area contributed by atoms with Crippen molar-refractivity contribution in [2.24, 2.45) is 0 Å². The Morgan fingerprint density at radius 1 is 1.00 bits per heavy atom. The van der Waals surface area contributed by atoms with E-state index in [-0.39, 0.29) is 11.8 Å². The van der Waals surface area contributed by atoms with Crippen molar-refractivity contribution in [3.63, 3.8) is 0 Å². The van der Waals surface area contributed by atoms with Crippen LogP contribution in [0.15, 0.2) is 59.1 Å². The van der Waals surface area contributed by atoms with Gasteiger partial charge in [-0.1, -0.05) is 47.1 Å². The van der Waals surface area contributed by atoms with Crippen LogP contribution in [0.4, 0.5) is 11.4 Å². The first kappa shape index (κ1) is 20.0. The second kappa shape index (κ2) is 8.69. The van der Waals surface area contributed by atoms with Crippen LogP contribution in [-0.4, -0.2) is 53.7 Å². The molecule has 31 heavy (non-hydrogen) atoms. The molecule has 3 heterocycles. The highest BCUT2D eigenvalue weighted by atomic mass is 35.5. The van der Waals surface area contributed by atoms with Crippen molar-refractivity contribution in [1.29, 1.82) is 0 Å². The quantitative estimate of drug-likeness (QED) is 0.608. The fourth-order valence-corrected chi connectivity index (χ4v) is 4.54. The summed E-state index contributed by atoms with van der Waals surface area (Å²) in [7, 11) is 0. The average molecular weight is 438 g/mol. The molecular formula is C23H24ClN5O2. The molecular weight excluding hydrogens is 414 g/mol. The van der Waals surface area contributed by atoms with Crippen molar-refractivity contribution in [2.75, 3.05) is 42.5 Å². The van der Waals surface area contributed by atoms with Gasteiger partial charge in [-0.2, -0.15) is 4.98 Å². The molecule has 0 radical (unpaired) electrons. The van der Waals surface area contributed by atoms with Crippen LogP contribution in [0.2, 0.25) is 5.02 Å². The molecule has 2 saturated heterocycles. The summed E-state index contributed by atoms with van der Waals surface area (Å²) in [4.78, 5) is 23.5. The summed E-state index contributed by atoms with van der Waals surface area (Å²) in [5.74, 6) is 1.28. The maximum atomic E-state index is 12.5. The Balaban J connectivity index is 1.18. The summed E-state index contributed by atoms with van der Waals surface area (Å²) in [5, 5.41) is 4.97. The topological polar surface area (TPSA) is 65.7 Å². The second-order valence-electron chi connectivity index (χ2n) is 8.00. The molecule has 2 aromatic carbocycles. The third kappa shape index (κ3) is 4.29. The Bertz CT molecular complexity index is 1050. The number of anilines is 2. The lowest BCUT2D eigenvalue weighted by atomic mass is 10.1. The van der Waals surface area contributed by atoms with Crippen molar-refractivity contribution >= 4 is 28.9 Å². The van der Waals surface area contributed by atoms with Gasteiger partial charge < -0.3 is 14.3 Å². The third-order valence-electron chi connectivity index (χ3n) is 5.97. The van der Waals surface area contributed by atoms with Crippen LogP contribution in [0.25, 0.3) is 0 Å². The molecule has 1 aromatic heterocycles. The zero-order valence-corrected chi connectivity index (χ0v) is 17.9. The molecule has 5 rings (SSSR count). The van der Waals surface area contributed by atoms with E-state index in [4.69, 9.17) is 16.1 Å². The molecule has 0 spiro atoms. The molecule has 0 bridgehead atoms. The van der Waals surface area contributed by atoms with Crippen molar-refractivity contribution < 1.29 is 9.32 Å². The number of hydrogen-bond donors (Lipinski definition) is 0. The molecule has 1 amide bonds. The largest absolute Gasteiger partial charge is 0.368 e. The minimum Gasteiger partial charge on any atom is -0.368 e. The zero-order valence-electron chi connectivity index (χ0n) is 17.2. The number of piperazine rings is 1. The second-order valence-corrected chi connectivity index (χ2v) is 8.41. The first-order chi connectivity index (χ1) is 15.2. The molecule has 160 valence electrons. The van der Waals surface area contributed by atoms with Gasteiger partial charge in [0.25, 0.3) is 0 Å². The molecule has 2 aliphatic rings. The van der Waals surface area contributed by atoms with E-state index in [9.17, 15) is 4.79 Å². The van der Waals surface area contributed by atoms with E-state index in [1.165, 1.54) is 0 Å². The Morgan fingerprint density at radius 2 is 1.74 bits per heavy atom. The summed E-state index contributed by atoms with van der Waals surface area (Å²) < 4.78 is 5.52. The highest BCUT2D eigenvalue weighted by Gasteiger charge is 2.34. The number of hydrogen-bond acceptors (Lipinski definition) is 6. The number of benzene rings is 2. The van der Waals surface area contributed by atoms with E-state index in [0.717, 1.165) is 42.6 Å². The molecule has 3 aromatic rings. The molecule has 0 saturated carbocycles. The van der Waals surface area contributed by atoms with E-state index in [0.29, 0.717) is 31.2 Å². The minimum atomic E-state index is -0.0396. The van der Waals surface area contributed by atoms with Gasteiger partial charge in [0.2, 0.25) is 11.8 Å². The van der Waals surface area contributed by atoms with Gasteiger partial charge in [-0.25, -0.2) is 0 Å². The number of rotatable bonds is 5. The van der Waals surface area contributed by atoms with Crippen molar-refractivity contribution in [3.8, 4) is 0 Å². The van der Waals surface area contributed by atoms with Gasteiger partial charge in [0.1, 0.15) is 0 Å². The van der Waals surface area contributed by atoms with Crippen molar-refractivity contribution in [2.45, 2.75) is 18.9 Å². The van der Waals surface area contributed by atoms with Gasteiger partial charge in [-0.15, -0.1) is 0 Å². The van der Waals surface area contributed by atoms with Crippen LogP contribution in [0.3, 0.4) is 0 Å². The summed E-state index contributed by atoms with van der Waals surface area (Å²) in [5.41, 5.74) is 1.99. The number of amides is 1. The summed E-state index contributed by atoms with van der Waals surface area (Å²) >= 11 is 6.33. The lowest BCUT2D eigenvalue weighted by Crippen LogP contribution is -2.46. The van der Waals surface area contributed by atoms with Crippen LogP contribution in [0.1, 0.15) is 24.1 Å². The predicted octanol–water partition coefficient (Wildman–Crippen LogP) is 3.57. The third-order valence-corrected chi connectivity index (χ3v) is 6.29. The van der Waals surface area contributed by atoms with E-state index in [1.54, 1.807) is 4.90 Å². The van der Waals surface area contributed by atoms with Gasteiger partial charge >= 0.3 is 0 Å². The fraction of sp³-hybridized carbons (Fsp3) is 0.348. The monoisotopic (exact) mass is 437 g/mol. The van der Waals surface area contributed by atoms with Crippen molar-refractivity contribution in [1.82, 2.24) is 15.0 Å². The van der Waals surface area contributed by atoms with Crippen LogP contribution in [0, 0.1) is 0 Å². The lowest BCUT2D eigenvalue weighted by Gasteiger charge is -2.35. The summed E-state index contributed by atoms with van der Waals surface area (Å²) in [6.45, 7) is 4.78. The van der Waals surface area contributed by atoms with E-state index >= 15 is 0 Å². The Labute approximate surface area is 186 Å². The van der Waals surface area contributed by atoms with Crippen molar-refractivity contribution in [3.05, 3.63) is 71.3 Å². The number of aromatic nitrogens is 2. The lowest BCUT2D eigenvalue weighted by molar-refractivity contribution is -0.117. The average Bonchev–Trinajstić information content (AvgIpc) is 3.42.